The molecule has 0 aromatic rings. The first-order chi connectivity index (χ1) is 36.2. The Balaban J connectivity index is 4.88. The van der Waals surface area contributed by atoms with Gasteiger partial charge in [-0.25, -0.2) is 4.57 Å². The van der Waals surface area contributed by atoms with Crippen LogP contribution in [0.15, 0.2) is 122 Å². The minimum Gasteiger partial charge on any atom is -0.462 e. The van der Waals surface area contributed by atoms with Crippen molar-refractivity contribution in [3.05, 3.63) is 122 Å². The summed E-state index contributed by atoms with van der Waals surface area (Å²) in [5.41, 5.74) is 0. The van der Waals surface area contributed by atoms with Gasteiger partial charge < -0.3 is 24.2 Å². The Kier molecular flexibility index (Phi) is 52.1. The highest BCUT2D eigenvalue weighted by molar-refractivity contribution is 7.47. The van der Waals surface area contributed by atoms with Gasteiger partial charge in [0, 0.05) is 19.3 Å². The molecule has 420 valence electrons. The molecule has 2 N–H and O–H groups in total. The molecule has 11 nitrogen and oxygen atoms in total. The van der Waals surface area contributed by atoms with Crippen LogP contribution in [0.3, 0.4) is 0 Å². The number of phosphoric ester groups is 1. The Morgan fingerprint density at radius 2 is 0.716 bits per heavy atom. The second kappa shape index (κ2) is 55.1. The molecule has 0 bridgehead atoms. The molecule has 12 heteroatoms. The predicted molar refractivity (Wildman–Crippen MR) is 306 cm³/mol. The average Bonchev–Trinajstić information content (AvgIpc) is 3.39. The number of ether oxygens (including phenoxy) is 3. The molecule has 3 atom stereocenters. The summed E-state index contributed by atoms with van der Waals surface area (Å²) in [5.74, 6) is -1.60. The van der Waals surface area contributed by atoms with E-state index in [9.17, 15) is 28.9 Å². The highest BCUT2D eigenvalue weighted by Crippen LogP contribution is 2.43. The summed E-state index contributed by atoms with van der Waals surface area (Å²) in [6.45, 7) is 4.27. The van der Waals surface area contributed by atoms with E-state index in [1.807, 2.05) is 12.2 Å². The monoisotopic (exact) mass is 1050 g/mol. The Hall–Kier alpha value is -4.12. The second-order valence-electron chi connectivity index (χ2n) is 18.3. The van der Waals surface area contributed by atoms with Crippen molar-refractivity contribution in [2.45, 2.75) is 226 Å². The lowest BCUT2D eigenvalue weighted by atomic mass is 10.1. The Labute approximate surface area is 449 Å². The number of phosphoric acid groups is 1. The SMILES string of the molecule is CC/C=C\C/C=C\C/C=C\C/C=C\C/C=C\CCCC(=O)OC(COC(=O)CCCCCCC/C=C\CCCCCCCC)COP(=O)(O)OCC(CO)OC(=O)CCCC/C=C\C/C=C\C/C=C\C/C=C\CC. The topological polar surface area (TPSA) is 155 Å². The molecule has 0 aliphatic carbocycles. The largest absolute Gasteiger partial charge is 0.472 e. The summed E-state index contributed by atoms with van der Waals surface area (Å²) in [6, 6.07) is 0. The minimum atomic E-state index is -4.78. The van der Waals surface area contributed by atoms with Gasteiger partial charge in [0.25, 0.3) is 0 Å². The molecule has 0 amide bonds. The second-order valence-corrected chi connectivity index (χ2v) is 19.8. The van der Waals surface area contributed by atoms with Crippen molar-refractivity contribution in [3.8, 4) is 0 Å². The number of rotatable bonds is 51. The summed E-state index contributed by atoms with van der Waals surface area (Å²) in [6.07, 6.45) is 67.4. The normalized spacial score (nSPS) is 14.3. The van der Waals surface area contributed by atoms with E-state index < -0.39 is 57.8 Å². The number of aliphatic hydroxyl groups excluding tert-OH is 1. The molecule has 0 aliphatic heterocycles. The van der Waals surface area contributed by atoms with Crippen molar-refractivity contribution in [2.24, 2.45) is 0 Å². The van der Waals surface area contributed by atoms with Crippen LogP contribution in [0.25, 0.3) is 0 Å². The maximum atomic E-state index is 12.9. The lowest BCUT2D eigenvalue weighted by Crippen LogP contribution is -2.30. The zero-order chi connectivity index (χ0) is 54.1. The van der Waals surface area contributed by atoms with Crippen LogP contribution in [0, 0.1) is 0 Å². The molecule has 74 heavy (non-hydrogen) atoms. The van der Waals surface area contributed by atoms with E-state index in [1.165, 1.54) is 38.5 Å². The van der Waals surface area contributed by atoms with Gasteiger partial charge in [0.05, 0.1) is 19.8 Å². The third kappa shape index (κ3) is 52.7. The summed E-state index contributed by atoms with van der Waals surface area (Å²) in [5, 5.41) is 9.80. The quantitative estimate of drug-likeness (QED) is 0.0197. The zero-order valence-electron chi connectivity index (χ0n) is 46.3. The fourth-order valence-electron chi connectivity index (χ4n) is 7.08. The molecule has 0 aromatic heterocycles. The summed E-state index contributed by atoms with van der Waals surface area (Å²) in [7, 11) is -4.78. The third-order valence-electron chi connectivity index (χ3n) is 11.3. The van der Waals surface area contributed by atoms with E-state index in [4.69, 9.17) is 23.3 Å². The Bertz CT molecular complexity index is 1700. The van der Waals surface area contributed by atoms with Crippen molar-refractivity contribution in [1.29, 1.82) is 0 Å². The van der Waals surface area contributed by atoms with Crippen molar-refractivity contribution >= 4 is 25.7 Å². The summed E-state index contributed by atoms with van der Waals surface area (Å²) < 4.78 is 39.4. The fourth-order valence-corrected chi connectivity index (χ4v) is 7.87. The first-order valence-electron chi connectivity index (χ1n) is 28.4. The number of carbonyl (C=O) groups is 3. The highest BCUT2D eigenvalue weighted by atomic mass is 31.2. The first-order valence-corrected chi connectivity index (χ1v) is 29.9. The molecule has 0 aliphatic rings. The zero-order valence-corrected chi connectivity index (χ0v) is 47.2. The molecular formula is C62H101O11P. The van der Waals surface area contributed by atoms with Gasteiger partial charge in [0.2, 0.25) is 0 Å². The molecule has 3 unspecified atom stereocenters. The van der Waals surface area contributed by atoms with Gasteiger partial charge in [-0.2, -0.15) is 0 Å². The van der Waals surface area contributed by atoms with Crippen molar-refractivity contribution in [1.82, 2.24) is 0 Å². The molecule has 0 aromatic carbocycles. The van der Waals surface area contributed by atoms with Crippen molar-refractivity contribution in [2.75, 3.05) is 26.4 Å². The lowest BCUT2D eigenvalue weighted by molar-refractivity contribution is -0.161. The van der Waals surface area contributed by atoms with Crippen LogP contribution in [-0.2, 0) is 42.2 Å². The van der Waals surface area contributed by atoms with Crippen LogP contribution in [0.4, 0.5) is 0 Å². The number of hydrogen-bond acceptors (Lipinski definition) is 10. The molecule has 0 radical (unpaired) electrons. The molecule has 0 rings (SSSR count). The fraction of sp³-hybridized carbons (Fsp3) is 0.629. The molecule has 0 spiro atoms. The lowest BCUT2D eigenvalue weighted by Gasteiger charge is -2.21. The van der Waals surface area contributed by atoms with Gasteiger partial charge >= 0.3 is 25.7 Å². The average molecular weight is 1050 g/mol. The van der Waals surface area contributed by atoms with Crippen LogP contribution < -0.4 is 0 Å². The number of aliphatic hydroxyl groups is 1. The summed E-state index contributed by atoms with van der Waals surface area (Å²) in [4.78, 5) is 48.5. The Morgan fingerprint density at radius 3 is 1.18 bits per heavy atom. The van der Waals surface area contributed by atoms with Crippen molar-refractivity contribution < 1.29 is 52.2 Å². The third-order valence-corrected chi connectivity index (χ3v) is 12.3. The number of hydrogen-bond donors (Lipinski definition) is 2. The van der Waals surface area contributed by atoms with Gasteiger partial charge in [-0.15, -0.1) is 0 Å². The number of unbranched alkanes of at least 4 members (excludes halogenated alkanes) is 14. The van der Waals surface area contributed by atoms with Crippen LogP contribution >= 0.6 is 7.82 Å². The van der Waals surface area contributed by atoms with E-state index in [-0.39, 0.29) is 25.9 Å². The van der Waals surface area contributed by atoms with E-state index in [2.05, 4.69) is 130 Å². The predicted octanol–water partition coefficient (Wildman–Crippen LogP) is 16.8. The number of esters is 3. The molecule has 0 saturated heterocycles. The van der Waals surface area contributed by atoms with Gasteiger partial charge in [0.1, 0.15) is 12.7 Å². The number of carbonyl (C=O) groups excluding carboxylic acids is 3. The van der Waals surface area contributed by atoms with Gasteiger partial charge in [-0.3, -0.25) is 23.4 Å². The molecule has 0 saturated carbocycles. The van der Waals surface area contributed by atoms with Crippen LogP contribution in [0.2, 0.25) is 0 Å². The minimum absolute atomic E-state index is 0.0783. The standard InChI is InChI=1S/C62H101O11P/c1-4-7-10-13-16-19-22-25-28-29-32-35-38-41-44-47-50-53-62(66)73-59(55-69-60(64)51-48-45-42-39-36-33-30-26-23-20-17-14-11-8-5-2)57-71-74(67,68)70-56-58(54-63)72-61(65)52-49-46-43-40-37-34-31-27-24-21-18-15-12-9-6-3/h7,9-10,12,16,18-19,21,25-28,30-32,35,37,40-41,44,58-59,63H,4-6,8,11,13-15,17,20,22-24,29,33-34,36,38-39,42-43,45-57H2,1-3H3,(H,67,68)/b10-7-,12-9-,19-16-,21-18-,28-25-,30-26-,31-27-,35-32-,40-37-,44-41-. The van der Waals surface area contributed by atoms with E-state index in [1.54, 1.807) is 0 Å². The Morgan fingerprint density at radius 1 is 0.392 bits per heavy atom. The highest BCUT2D eigenvalue weighted by Gasteiger charge is 2.28. The molecule has 0 fully saturated rings. The van der Waals surface area contributed by atoms with Crippen LogP contribution in [-0.4, -0.2) is 66.5 Å². The van der Waals surface area contributed by atoms with Crippen LogP contribution in [0.5, 0.6) is 0 Å². The van der Waals surface area contributed by atoms with Crippen LogP contribution in [0.1, 0.15) is 213 Å². The molecule has 0 heterocycles. The van der Waals surface area contributed by atoms with Crippen molar-refractivity contribution in [3.63, 3.8) is 0 Å². The van der Waals surface area contributed by atoms with E-state index >= 15 is 0 Å². The summed E-state index contributed by atoms with van der Waals surface area (Å²) >= 11 is 0. The maximum Gasteiger partial charge on any atom is 0.472 e. The van der Waals surface area contributed by atoms with Gasteiger partial charge in [-0.1, -0.05) is 194 Å². The van der Waals surface area contributed by atoms with Gasteiger partial charge in [-0.05, 0) is 122 Å². The maximum absolute atomic E-state index is 12.9. The van der Waals surface area contributed by atoms with E-state index in [0.29, 0.717) is 25.7 Å². The van der Waals surface area contributed by atoms with Gasteiger partial charge in [0.15, 0.2) is 6.10 Å². The molecular weight excluding hydrogens is 952 g/mol. The first kappa shape index (κ1) is 69.9. The number of allylic oxidation sites excluding steroid dienone is 20. The van der Waals surface area contributed by atoms with E-state index in [0.717, 1.165) is 109 Å². The smallest absolute Gasteiger partial charge is 0.462 e.